The van der Waals surface area contributed by atoms with Gasteiger partial charge in [-0.1, -0.05) is 12.1 Å². The first kappa shape index (κ1) is 13.4. The topological polar surface area (TPSA) is 38.3 Å². The van der Waals surface area contributed by atoms with Gasteiger partial charge in [0.15, 0.2) is 6.61 Å². The predicted molar refractivity (Wildman–Crippen MR) is 50.3 cm³/mol. The Kier molecular flexibility index (Phi) is 4.45. The van der Waals surface area contributed by atoms with Crippen LogP contribution in [-0.2, 0) is 16.1 Å². The highest BCUT2D eigenvalue weighted by atomic mass is 19.4. The maximum Gasteiger partial charge on any atom is 0.414 e. The van der Waals surface area contributed by atoms with Crippen molar-refractivity contribution < 1.29 is 27.2 Å². The van der Waals surface area contributed by atoms with E-state index in [1.807, 2.05) is 0 Å². The van der Waals surface area contributed by atoms with Crippen molar-refractivity contribution in [1.82, 2.24) is 5.48 Å². The number of carbonyl (C=O) groups is 1. The molecule has 1 N–H and O–H groups in total. The molecule has 1 aromatic carbocycles. The van der Waals surface area contributed by atoms with Gasteiger partial charge in [0.1, 0.15) is 5.82 Å². The van der Waals surface area contributed by atoms with Crippen molar-refractivity contribution in [2.45, 2.75) is 12.6 Å². The number of alkyl halides is 3. The zero-order valence-corrected chi connectivity index (χ0v) is 8.55. The van der Waals surface area contributed by atoms with Gasteiger partial charge in [-0.3, -0.25) is 9.63 Å². The van der Waals surface area contributed by atoms with Crippen LogP contribution in [0, 0.1) is 5.82 Å². The number of halogens is 4. The van der Waals surface area contributed by atoms with Crippen LogP contribution in [0.25, 0.3) is 0 Å². The quantitative estimate of drug-likeness (QED) is 0.656. The molecule has 0 fully saturated rings. The van der Waals surface area contributed by atoms with Gasteiger partial charge in [0.2, 0.25) is 5.91 Å². The van der Waals surface area contributed by atoms with Gasteiger partial charge in [0, 0.05) is 0 Å². The third-order valence-electron chi connectivity index (χ3n) is 1.68. The van der Waals surface area contributed by atoms with Crippen LogP contribution >= 0.6 is 0 Å². The van der Waals surface area contributed by atoms with E-state index >= 15 is 0 Å². The minimum absolute atomic E-state index is 0.254. The Hall–Kier alpha value is -1.63. The Morgan fingerprint density at radius 3 is 2.65 bits per heavy atom. The Morgan fingerprint density at radius 1 is 1.35 bits per heavy atom. The SMILES string of the molecule is O=C(Cc1cccc(F)c1)NOCC(F)(F)F. The van der Waals surface area contributed by atoms with E-state index in [2.05, 4.69) is 4.84 Å². The molecular formula is C10H9F4NO2. The molecule has 0 radical (unpaired) electrons. The molecule has 0 aliphatic carbocycles. The average Bonchev–Trinajstić information content (AvgIpc) is 2.15. The number of hydroxylamine groups is 1. The van der Waals surface area contributed by atoms with Crippen LogP contribution in [-0.4, -0.2) is 18.7 Å². The summed E-state index contributed by atoms with van der Waals surface area (Å²) >= 11 is 0. The standard InChI is InChI=1S/C10H9F4NO2/c11-8-3-1-2-7(4-8)5-9(16)15-17-6-10(12,13)14/h1-4H,5-6H2,(H,15,16). The first-order chi connectivity index (χ1) is 7.87. The molecule has 0 unspecified atom stereocenters. The fourth-order valence-electron chi connectivity index (χ4n) is 1.07. The van der Waals surface area contributed by atoms with E-state index in [-0.39, 0.29) is 6.42 Å². The van der Waals surface area contributed by atoms with Gasteiger partial charge in [-0.15, -0.1) is 0 Å². The van der Waals surface area contributed by atoms with E-state index in [4.69, 9.17) is 0 Å². The van der Waals surface area contributed by atoms with E-state index in [1.165, 1.54) is 18.2 Å². The van der Waals surface area contributed by atoms with Gasteiger partial charge in [-0.2, -0.15) is 13.2 Å². The largest absolute Gasteiger partial charge is 0.414 e. The molecule has 0 saturated heterocycles. The summed E-state index contributed by atoms with van der Waals surface area (Å²) in [5.41, 5.74) is 1.97. The minimum atomic E-state index is -4.51. The maximum atomic E-state index is 12.7. The summed E-state index contributed by atoms with van der Waals surface area (Å²) in [6, 6.07) is 5.19. The summed E-state index contributed by atoms with van der Waals surface area (Å²) in [5, 5.41) is 0. The third kappa shape index (κ3) is 5.86. The minimum Gasteiger partial charge on any atom is -0.272 e. The van der Waals surface area contributed by atoms with E-state index in [0.717, 1.165) is 6.07 Å². The molecule has 0 aliphatic rings. The van der Waals surface area contributed by atoms with Gasteiger partial charge in [0.25, 0.3) is 0 Å². The van der Waals surface area contributed by atoms with Crippen LogP contribution in [0.5, 0.6) is 0 Å². The molecule has 1 aromatic rings. The van der Waals surface area contributed by atoms with Crippen LogP contribution < -0.4 is 5.48 Å². The first-order valence-corrected chi connectivity index (χ1v) is 4.58. The third-order valence-corrected chi connectivity index (χ3v) is 1.68. The lowest BCUT2D eigenvalue weighted by atomic mass is 10.1. The van der Waals surface area contributed by atoms with Crippen molar-refractivity contribution in [3.8, 4) is 0 Å². The number of benzene rings is 1. The highest BCUT2D eigenvalue weighted by Gasteiger charge is 2.28. The molecule has 94 valence electrons. The van der Waals surface area contributed by atoms with Crippen molar-refractivity contribution in [3.63, 3.8) is 0 Å². The number of amides is 1. The molecule has 0 heterocycles. The second kappa shape index (κ2) is 5.62. The summed E-state index contributed by atoms with van der Waals surface area (Å²) < 4.78 is 47.7. The zero-order chi connectivity index (χ0) is 12.9. The van der Waals surface area contributed by atoms with Crippen molar-refractivity contribution in [2.75, 3.05) is 6.61 Å². The highest BCUT2D eigenvalue weighted by Crippen LogP contribution is 2.13. The Balaban J connectivity index is 2.35. The number of hydrogen-bond donors (Lipinski definition) is 1. The van der Waals surface area contributed by atoms with Gasteiger partial charge < -0.3 is 0 Å². The predicted octanol–water partition coefficient (Wildman–Crippen LogP) is 1.98. The van der Waals surface area contributed by atoms with Crippen molar-refractivity contribution >= 4 is 5.91 Å². The summed E-state index contributed by atoms with van der Waals surface area (Å²) in [6.45, 7) is -1.57. The Bertz CT molecular complexity index is 392. The zero-order valence-electron chi connectivity index (χ0n) is 8.55. The first-order valence-electron chi connectivity index (χ1n) is 4.58. The van der Waals surface area contributed by atoms with Gasteiger partial charge in [-0.05, 0) is 17.7 Å². The summed E-state index contributed by atoms with van der Waals surface area (Å²) in [7, 11) is 0. The van der Waals surface area contributed by atoms with E-state index in [0.29, 0.717) is 5.56 Å². The molecule has 0 saturated carbocycles. The smallest absolute Gasteiger partial charge is 0.272 e. The molecule has 17 heavy (non-hydrogen) atoms. The molecule has 0 spiro atoms. The van der Waals surface area contributed by atoms with E-state index < -0.39 is 24.5 Å². The lowest BCUT2D eigenvalue weighted by molar-refractivity contribution is -0.191. The van der Waals surface area contributed by atoms with Crippen molar-refractivity contribution in [3.05, 3.63) is 35.6 Å². The molecule has 0 bridgehead atoms. The second-order valence-electron chi connectivity index (χ2n) is 3.24. The highest BCUT2D eigenvalue weighted by molar-refractivity contribution is 5.77. The van der Waals surface area contributed by atoms with E-state index in [9.17, 15) is 22.4 Å². The molecule has 1 rings (SSSR count). The number of carbonyl (C=O) groups excluding carboxylic acids is 1. The Morgan fingerprint density at radius 2 is 2.06 bits per heavy atom. The molecule has 3 nitrogen and oxygen atoms in total. The van der Waals surface area contributed by atoms with Crippen LogP contribution in [0.3, 0.4) is 0 Å². The fraction of sp³-hybridized carbons (Fsp3) is 0.300. The average molecular weight is 251 g/mol. The summed E-state index contributed by atoms with van der Waals surface area (Å²) in [5.74, 6) is -1.30. The van der Waals surface area contributed by atoms with Crippen LogP contribution in [0.4, 0.5) is 17.6 Å². The van der Waals surface area contributed by atoms with E-state index in [1.54, 1.807) is 5.48 Å². The molecule has 0 aromatic heterocycles. The van der Waals surface area contributed by atoms with Crippen molar-refractivity contribution in [2.24, 2.45) is 0 Å². The number of nitrogens with one attached hydrogen (secondary N) is 1. The van der Waals surface area contributed by atoms with Gasteiger partial charge >= 0.3 is 6.18 Å². The molecule has 7 heteroatoms. The molecule has 1 amide bonds. The van der Waals surface area contributed by atoms with Gasteiger partial charge in [-0.25, -0.2) is 9.87 Å². The molecule has 0 aliphatic heterocycles. The number of rotatable bonds is 4. The summed E-state index contributed by atoms with van der Waals surface area (Å²) in [4.78, 5) is 15.0. The second-order valence-corrected chi connectivity index (χ2v) is 3.24. The molecular weight excluding hydrogens is 242 g/mol. The van der Waals surface area contributed by atoms with Crippen LogP contribution in [0.15, 0.2) is 24.3 Å². The van der Waals surface area contributed by atoms with Gasteiger partial charge in [0.05, 0.1) is 6.42 Å². The normalized spacial score (nSPS) is 11.3. The number of hydrogen-bond acceptors (Lipinski definition) is 2. The lowest BCUT2D eigenvalue weighted by Gasteiger charge is -2.08. The Labute approximate surface area is 94.3 Å². The van der Waals surface area contributed by atoms with Crippen LogP contribution in [0.1, 0.15) is 5.56 Å². The maximum absolute atomic E-state index is 12.7. The monoisotopic (exact) mass is 251 g/mol. The molecule has 0 atom stereocenters. The summed E-state index contributed by atoms with van der Waals surface area (Å²) in [6.07, 6.45) is -4.76. The van der Waals surface area contributed by atoms with Crippen molar-refractivity contribution in [1.29, 1.82) is 0 Å². The van der Waals surface area contributed by atoms with Crippen LogP contribution in [0.2, 0.25) is 0 Å². The fourth-order valence-corrected chi connectivity index (χ4v) is 1.07. The lowest BCUT2D eigenvalue weighted by Crippen LogP contribution is -2.30.